The molecule has 35 heavy (non-hydrogen) atoms. The van der Waals surface area contributed by atoms with Gasteiger partial charge in [0.25, 0.3) is 5.91 Å². The van der Waals surface area contributed by atoms with Crippen molar-refractivity contribution >= 4 is 28.2 Å². The molecule has 182 valence electrons. The Kier molecular flexibility index (Phi) is 7.05. The number of aromatic nitrogens is 1. The average molecular weight is 481 g/mol. The van der Waals surface area contributed by atoms with Gasteiger partial charge < -0.3 is 29.8 Å². The van der Waals surface area contributed by atoms with E-state index in [1.165, 1.54) is 21.3 Å². The predicted octanol–water partition coefficient (Wildman–Crippen LogP) is 5.19. The van der Waals surface area contributed by atoms with E-state index < -0.39 is 17.5 Å². The Morgan fingerprint density at radius 1 is 0.943 bits per heavy atom. The summed E-state index contributed by atoms with van der Waals surface area (Å²) in [6.45, 7) is 0.309. The fourth-order valence-corrected chi connectivity index (χ4v) is 3.89. The van der Waals surface area contributed by atoms with Crippen LogP contribution in [0.4, 0.5) is 20.2 Å². The third-order valence-corrected chi connectivity index (χ3v) is 5.60. The van der Waals surface area contributed by atoms with Crippen LogP contribution in [-0.4, -0.2) is 38.8 Å². The van der Waals surface area contributed by atoms with Crippen molar-refractivity contribution in [1.29, 1.82) is 0 Å². The number of hydrogen-bond donors (Lipinski definition) is 3. The molecule has 0 aliphatic rings. The summed E-state index contributed by atoms with van der Waals surface area (Å²) in [6.07, 6.45) is 2.46. The molecule has 0 fully saturated rings. The number of aromatic amines is 1. The number of benzene rings is 3. The van der Waals surface area contributed by atoms with Gasteiger partial charge in [-0.05, 0) is 24.1 Å². The van der Waals surface area contributed by atoms with Gasteiger partial charge >= 0.3 is 0 Å². The van der Waals surface area contributed by atoms with Crippen LogP contribution in [0.15, 0.2) is 54.7 Å². The molecule has 1 aromatic heterocycles. The molecule has 3 aromatic carbocycles. The Hall–Kier alpha value is -4.27. The van der Waals surface area contributed by atoms with Crippen LogP contribution in [0, 0.1) is 11.6 Å². The van der Waals surface area contributed by atoms with Crippen molar-refractivity contribution < 1.29 is 27.8 Å². The second-order valence-corrected chi connectivity index (χ2v) is 7.72. The van der Waals surface area contributed by atoms with Gasteiger partial charge in [-0.15, -0.1) is 0 Å². The number of methoxy groups -OCH3 is 3. The number of fused-ring (bicyclic) bond motifs is 1. The Labute approximate surface area is 201 Å². The molecule has 1 heterocycles. The summed E-state index contributed by atoms with van der Waals surface area (Å²) in [7, 11) is 4.40. The maximum atomic E-state index is 14.1. The maximum Gasteiger partial charge on any atom is 0.253 e. The molecule has 7 nitrogen and oxygen atoms in total. The van der Waals surface area contributed by atoms with E-state index in [0.717, 1.165) is 28.6 Å². The number of rotatable bonds is 9. The van der Waals surface area contributed by atoms with Crippen molar-refractivity contribution in [3.05, 3.63) is 77.5 Å². The highest BCUT2D eigenvalue weighted by molar-refractivity contribution is 6.00. The van der Waals surface area contributed by atoms with Gasteiger partial charge in [-0.2, -0.15) is 0 Å². The smallest absolute Gasteiger partial charge is 0.253 e. The van der Waals surface area contributed by atoms with Crippen LogP contribution in [0.1, 0.15) is 15.9 Å². The standard InChI is InChI=1S/C26H25F2N3O4/c1-33-23-10-16(11-24(34-2)25(23)35-3)31-22-13-20(28)19(27)12-18(22)26(32)29-9-8-15-14-30-21-7-5-4-6-17(15)21/h4-7,10-14,30-31H,8-9H2,1-3H3,(H,29,32). The van der Waals surface area contributed by atoms with Crippen molar-refractivity contribution in [3.8, 4) is 17.2 Å². The molecule has 4 aromatic rings. The van der Waals surface area contributed by atoms with Gasteiger partial charge in [0.2, 0.25) is 5.75 Å². The van der Waals surface area contributed by atoms with Crippen LogP contribution < -0.4 is 24.8 Å². The molecule has 0 saturated carbocycles. The Morgan fingerprint density at radius 3 is 2.31 bits per heavy atom. The van der Waals surface area contributed by atoms with E-state index in [0.29, 0.717) is 35.9 Å². The van der Waals surface area contributed by atoms with Gasteiger partial charge in [0.15, 0.2) is 23.1 Å². The number of amides is 1. The number of halogens is 2. The van der Waals surface area contributed by atoms with Crippen molar-refractivity contribution in [2.75, 3.05) is 33.2 Å². The highest BCUT2D eigenvalue weighted by Crippen LogP contribution is 2.41. The molecule has 3 N–H and O–H groups in total. The van der Waals surface area contributed by atoms with Gasteiger partial charge in [-0.3, -0.25) is 4.79 Å². The Morgan fingerprint density at radius 2 is 1.63 bits per heavy atom. The number of carbonyl (C=O) groups excluding carboxylic acids is 1. The van der Waals surface area contributed by atoms with Crippen LogP contribution in [0.5, 0.6) is 17.2 Å². The van der Waals surface area contributed by atoms with Crippen LogP contribution in [-0.2, 0) is 6.42 Å². The molecule has 0 aliphatic heterocycles. The summed E-state index contributed by atoms with van der Waals surface area (Å²) < 4.78 is 44.2. The van der Waals surface area contributed by atoms with Crippen molar-refractivity contribution in [2.24, 2.45) is 0 Å². The molecular formula is C26H25F2N3O4. The van der Waals surface area contributed by atoms with Gasteiger partial charge in [0.05, 0.1) is 32.6 Å². The quantitative estimate of drug-likeness (QED) is 0.307. The monoisotopic (exact) mass is 481 g/mol. The number of carbonyl (C=O) groups is 1. The summed E-state index contributed by atoms with van der Waals surface area (Å²) in [5.41, 5.74) is 2.52. The van der Waals surface area contributed by atoms with Crippen LogP contribution in [0.2, 0.25) is 0 Å². The van der Waals surface area contributed by atoms with Crippen LogP contribution >= 0.6 is 0 Å². The first-order valence-electron chi connectivity index (χ1n) is 10.8. The van der Waals surface area contributed by atoms with Gasteiger partial charge in [0.1, 0.15) is 0 Å². The molecule has 4 rings (SSSR count). The molecule has 0 atom stereocenters. The van der Waals surface area contributed by atoms with Gasteiger partial charge in [0, 0.05) is 47.5 Å². The molecule has 0 unspecified atom stereocenters. The minimum absolute atomic E-state index is 0.0448. The Bertz CT molecular complexity index is 1350. The third kappa shape index (κ3) is 4.98. The molecule has 0 bridgehead atoms. The molecule has 0 spiro atoms. The lowest BCUT2D eigenvalue weighted by Crippen LogP contribution is -2.26. The highest BCUT2D eigenvalue weighted by atomic mass is 19.2. The average Bonchev–Trinajstić information content (AvgIpc) is 3.28. The zero-order valence-corrected chi connectivity index (χ0v) is 19.5. The fraction of sp³-hybridized carbons (Fsp3) is 0.192. The van der Waals surface area contributed by atoms with Gasteiger partial charge in [-0.25, -0.2) is 8.78 Å². The summed E-state index contributed by atoms with van der Waals surface area (Å²) in [5, 5.41) is 6.82. The first-order valence-corrected chi connectivity index (χ1v) is 10.8. The van der Waals surface area contributed by atoms with E-state index in [9.17, 15) is 13.6 Å². The number of para-hydroxylation sites is 1. The van der Waals surface area contributed by atoms with Gasteiger partial charge in [-0.1, -0.05) is 18.2 Å². The first-order chi connectivity index (χ1) is 16.9. The van der Waals surface area contributed by atoms with Crippen molar-refractivity contribution in [2.45, 2.75) is 6.42 Å². The Balaban J connectivity index is 1.56. The minimum Gasteiger partial charge on any atom is -0.493 e. The van der Waals surface area contributed by atoms with Crippen molar-refractivity contribution in [1.82, 2.24) is 10.3 Å². The lowest BCUT2D eigenvalue weighted by Gasteiger charge is -2.17. The van der Waals surface area contributed by atoms with Crippen molar-refractivity contribution in [3.63, 3.8) is 0 Å². The van der Waals surface area contributed by atoms with E-state index in [1.807, 2.05) is 30.5 Å². The molecule has 0 radical (unpaired) electrons. The lowest BCUT2D eigenvalue weighted by atomic mass is 10.1. The SMILES string of the molecule is COc1cc(Nc2cc(F)c(F)cc2C(=O)NCCc2c[nH]c3ccccc23)cc(OC)c1OC. The zero-order valence-electron chi connectivity index (χ0n) is 19.5. The van der Waals surface area contributed by atoms with E-state index in [-0.39, 0.29) is 11.3 Å². The first kappa shape index (κ1) is 23.9. The summed E-state index contributed by atoms with van der Waals surface area (Å²) in [6, 6.07) is 12.9. The molecule has 0 aliphatic carbocycles. The molecule has 1 amide bonds. The number of nitrogens with one attached hydrogen (secondary N) is 3. The zero-order chi connectivity index (χ0) is 24.9. The molecule has 0 saturated heterocycles. The fourth-order valence-electron chi connectivity index (χ4n) is 3.89. The summed E-state index contributed by atoms with van der Waals surface area (Å²) in [4.78, 5) is 16.1. The van der Waals surface area contributed by atoms with E-state index >= 15 is 0 Å². The number of anilines is 2. The number of ether oxygens (including phenoxy) is 3. The van der Waals surface area contributed by atoms with Crippen LogP contribution in [0.3, 0.4) is 0 Å². The van der Waals surface area contributed by atoms with E-state index in [4.69, 9.17) is 14.2 Å². The number of hydrogen-bond acceptors (Lipinski definition) is 5. The summed E-state index contributed by atoms with van der Waals surface area (Å²) >= 11 is 0. The topological polar surface area (TPSA) is 84.6 Å². The van der Waals surface area contributed by atoms with E-state index in [2.05, 4.69) is 15.6 Å². The second-order valence-electron chi connectivity index (χ2n) is 7.72. The lowest BCUT2D eigenvalue weighted by molar-refractivity contribution is 0.0954. The highest BCUT2D eigenvalue weighted by Gasteiger charge is 2.19. The van der Waals surface area contributed by atoms with E-state index in [1.54, 1.807) is 12.1 Å². The molecule has 9 heteroatoms. The summed E-state index contributed by atoms with van der Waals surface area (Å²) in [5.74, 6) is -1.65. The third-order valence-electron chi connectivity index (χ3n) is 5.60. The maximum absolute atomic E-state index is 14.1. The predicted molar refractivity (Wildman–Crippen MR) is 130 cm³/mol. The van der Waals surface area contributed by atoms with Crippen LogP contribution in [0.25, 0.3) is 10.9 Å². The number of H-pyrrole nitrogens is 1. The normalized spacial score (nSPS) is 10.8. The minimum atomic E-state index is -1.12. The second kappa shape index (κ2) is 10.3. The largest absolute Gasteiger partial charge is 0.493 e. The molecular weight excluding hydrogens is 456 g/mol.